The predicted octanol–water partition coefficient (Wildman–Crippen LogP) is 3.17. The van der Waals surface area contributed by atoms with Gasteiger partial charge in [-0.2, -0.15) is 4.98 Å². The molecule has 6 heteroatoms. The standard InChI is InChI=1S/C15H14N4O2/c1-2-6-16-14-13-15(19-9-18-14)21-12-5-3-4-11(20)7-10(12)8-17-13/h2-3,5-9,20H,4H2,1H3,(H,16,18,19)/b6-2+. The maximum atomic E-state index is 9.72. The monoisotopic (exact) mass is 282 g/mol. The first-order valence-corrected chi connectivity index (χ1v) is 6.53. The Labute approximate surface area is 121 Å². The lowest BCUT2D eigenvalue weighted by atomic mass is 10.2. The van der Waals surface area contributed by atoms with E-state index in [1.54, 1.807) is 24.6 Å². The summed E-state index contributed by atoms with van der Waals surface area (Å²) in [5, 5.41) is 12.7. The lowest BCUT2D eigenvalue weighted by Gasteiger charge is -2.08. The number of aliphatic hydroxyl groups is 1. The highest BCUT2D eigenvalue weighted by Crippen LogP contribution is 2.35. The fourth-order valence-electron chi connectivity index (χ4n) is 1.95. The van der Waals surface area contributed by atoms with Crippen LogP contribution in [-0.2, 0) is 0 Å². The largest absolute Gasteiger partial charge is 0.512 e. The second kappa shape index (κ2) is 5.62. The van der Waals surface area contributed by atoms with Crippen LogP contribution in [-0.4, -0.2) is 21.3 Å². The molecule has 21 heavy (non-hydrogen) atoms. The van der Waals surface area contributed by atoms with Crippen molar-refractivity contribution in [3.8, 4) is 5.88 Å². The lowest BCUT2D eigenvalue weighted by Crippen LogP contribution is -1.99. The molecule has 0 amide bonds. The summed E-state index contributed by atoms with van der Waals surface area (Å²) in [6.07, 6.45) is 12.4. The van der Waals surface area contributed by atoms with Gasteiger partial charge in [0.05, 0.1) is 5.76 Å². The van der Waals surface area contributed by atoms with Crippen molar-refractivity contribution < 1.29 is 9.84 Å². The van der Waals surface area contributed by atoms with Crippen molar-refractivity contribution >= 4 is 17.7 Å². The van der Waals surface area contributed by atoms with E-state index < -0.39 is 0 Å². The average molecular weight is 282 g/mol. The normalized spacial score (nSPS) is 16.7. The van der Waals surface area contributed by atoms with Gasteiger partial charge in [-0.3, -0.25) is 0 Å². The molecule has 2 aliphatic rings. The summed E-state index contributed by atoms with van der Waals surface area (Å²) in [7, 11) is 0. The molecule has 1 aliphatic carbocycles. The molecule has 0 unspecified atom stereocenters. The smallest absolute Gasteiger partial charge is 0.250 e. The van der Waals surface area contributed by atoms with E-state index in [2.05, 4.69) is 20.3 Å². The van der Waals surface area contributed by atoms with E-state index in [1.165, 1.54) is 6.33 Å². The minimum absolute atomic E-state index is 0.260. The number of fused-ring (bicyclic) bond motifs is 1. The molecule has 3 rings (SSSR count). The van der Waals surface area contributed by atoms with E-state index in [4.69, 9.17) is 4.74 Å². The molecule has 6 nitrogen and oxygen atoms in total. The quantitative estimate of drug-likeness (QED) is 0.871. The molecule has 1 aromatic rings. The number of hydrogen-bond donors (Lipinski definition) is 2. The number of hydrogen-bond acceptors (Lipinski definition) is 6. The summed E-state index contributed by atoms with van der Waals surface area (Å²) in [5.41, 5.74) is 1.21. The van der Waals surface area contributed by atoms with Crippen molar-refractivity contribution in [2.75, 3.05) is 5.32 Å². The van der Waals surface area contributed by atoms with Crippen molar-refractivity contribution in [3.63, 3.8) is 0 Å². The molecule has 0 aromatic carbocycles. The SMILES string of the molecule is C/C=C/Nc1ncnc2c1N=CC1=C(C=CCC(O)=C1)O2. The summed E-state index contributed by atoms with van der Waals surface area (Å²) < 4.78 is 5.81. The van der Waals surface area contributed by atoms with Crippen LogP contribution in [0.4, 0.5) is 11.5 Å². The molecular weight excluding hydrogens is 268 g/mol. The highest BCUT2D eigenvalue weighted by molar-refractivity contribution is 5.89. The van der Waals surface area contributed by atoms with Gasteiger partial charge in [-0.15, -0.1) is 0 Å². The second-order valence-corrected chi connectivity index (χ2v) is 4.44. The summed E-state index contributed by atoms with van der Waals surface area (Å²) in [5.74, 6) is 1.79. The van der Waals surface area contributed by atoms with E-state index >= 15 is 0 Å². The van der Waals surface area contributed by atoms with Crippen molar-refractivity contribution in [2.24, 2.45) is 4.99 Å². The fraction of sp³-hybridized carbons (Fsp3) is 0.133. The van der Waals surface area contributed by atoms with Crippen LogP contribution in [0.15, 0.2) is 58.9 Å². The minimum Gasteiger partial charge on any atom is -0.512 e. The van der Waals surface area contributed by atoms with Gasteiger partial charge < -0.3 is 15.2 Å². The Hall–Kier alpha value is -2.89. The van der Waals surface area contributed by atoms with E-state index in [1.807, 2.05) is 19.1 Å². The number of allylic oxidation sites excluding steroid dienone is 5. The number of aromatic nitrogens is 2. The number of aliphatic imine (C=N–C) groups is 1. The van der Waals surface area contributed by atoms with Crippen molar-refractivity contribution in [2.45, 2.75) is 13.3 Å². The molecule has 0 bridgehead atoms. The fourth-order valence-corrected chi connectivity index (χ4v) is 1.95. The van der Waals surface area contributed by atoms with E-state index in [9.17, 15) is 5.11 Å². The van der Waals surface area contributed by atoms with Gasteiger partial charge in [-0.05, 0) is 25.3 Å². The molecular formula is C15H14N4O2. The summed E-state index contributed by atoms with van der Waals surface area (Å²) in [6.45, 7) is 1.90. The van der Waals surface area contributed by atoms with Crippen molar-refractivity contribution in [3.05, 3.63) is 53.9 Å². The maximum Gasteiger partial charge on any atom is 0.250 e. The van der Waals surface area contributed by atoms with Crippen LogP contribution < -0.4 is 10.1 Å². The Morgan fingerprint density at radius 3 is 3.14 bits per heavy atom. The molecule has 1 aliphatic heterocycles. The van der Waals surface area contributed by atoms with Crippen LogP contribution in [0.2, 0.25) is 0 Å². The summed E-state index contributed by atoms with van der Waals surface area (Å²) in [4.78, 5) is 12.7. The molecule has 0 saturated carbocycles. The van der Waals surface area contributed by atoms with Crippen LogP contribution >= 0.6 is 0 Å². The molecule has 0 fully saturated rings. The van der Waals surface area contributed by atoms with E-state index in [-0.39, 0.29) is 5.76 Å². The van der Waals surface area contributed by atoms with Crippen LogP contribution in [0.25, 0.3) is 0 Å². The average Bonchev–Trinajstić information content (AvgIpc) is 2.75. The first-order valence-electron chi connectivity index (χ1n) is 6.53. The van der Waals surface area contributed by atoms with Gasteiger partial charge in [0.25, 0.3) is 5.88 Å². The van der Waals surface area contributed by atoms with Gasteiger partial charge in [0.1, 0.15) is 12.1 Å². The van der Waals surface area contributed by atoms with E-state index in [0.717, 1.165) is 0 Å². The number of rotatable bonds is 2. The zero-order chi connectivity index (χ0) is 14.7. The summed E-state index contributed by atoms with van der Waals surface area (Å²) >= 11 is 0. The third-order valence-corrected chi connectivity index (χ3v) is 2.92. The molecule has 2 N–H and O–H groups in total. The highest BCUT2D eigenvalue weighted by Gasteiger charge is 2.18. The van der Waals surface area contributed by atoms with Gasteiger partial charge in [0.2, 0.25) is 0 Å². The Bertz CT molecular complexity index is 714. The Morgan fingerprint density at radius 2 is 2.29 bits per heavy atom. The number of anilines is 1. The minimum atomic E-state index is 0.260. The van der Waals surface area contributed by atoms with Crippen LogP contribution in [0.5, 0.6) is 5.88 Å². The van der Waals surface area contributed by atoms with Gasteiger partial charge in [0.15, 0.2) is 11.5 Å². The second-order valence-electron chi connectivity index (χ2n) is 4.44. The molecule has 0 saturated heterocycles. The number of nitrogens with zero attached hydrogens (tertiary/aromatic N) is 3. The number of aliphatic hydroxyl groups excluding tert-OH is 1. The van der Waals surface area contributed by atoms with Gasteiger partial charge in [-0.1, -0.05) is 12.2 Å². The van der Waals surface area contributed by atoms with Gasteiger partial charge in [0, 0.05) is 18.2 Å². The Morgan fingerprint density at radius 1 is 1.38 bits per heavy atom. The maximum absolute atomic E-state index is 9.72. The van der Waals surface area contributed by atoms with Crippen LogP contribution in [0.3, 0.4) is 0 Å². The molecule has 0 radical (unpaired) electrons. The predicted molar refractivity (Wildman–Crippen MR) is 80.7 cm³/mol. The molecule has 0 atom stereocenters. The first kappa shape index (κ1) is 13.1. The van der Waals surface area contributed by atoms with Crippen molar-refractivity contribution in [1.82, 2.24) is 9.97 Å². The first-order chi connectivity index (χ1) is 10.3. The topological polar surface area (TPSA) is 79.6 Å². The number of nitrogens with one attached hydrogen (secondary N) is 1. The zero-order valence-electron chi connectivity index (χ0n) is 11.4. The zero-order valence-corrected chi connectivity index (χ0v) is 11.4. The van der Waals surface area contributed by atoms with Gasteiger partial charge in [-0.25, -0.2) is 9.98 Å². The molecule has 2 heterocycles. The van der Waals surface area contributed by atoms with Crippen LogP contribution in [0, 0.1) is 0 Å². The molecule has 0 spiro atoms. The third-order valence-electron chi connectivity index (χ3n) is 2.92. The highest BCUT2D eigenvalue weighted by atomic mass is 16.5. The van der Waals surface area contributed by atoms with Crippen LogP contribution in [0.1, 0.15) is 13.3 Å². The lowest BCUT2D eigenvalue weighted by molar-refractivity contribution is 0.401. The third kappa shape index (κ3) is 2.69. The Kier molecular flexibility index (Phi) is 3.51. The van der Waals surface area contributed by atoms with Gasteiger partial charge >= 0.3 is 0 Å². The van der Waals surface area contributed by atoms with E-state index in [0.29, 0.717) is 35.1 Å². The molecule has 1 aromatic heterocycles. The number of ether oxygens (including phenoxy) is 1. The summed E-state index contributed by atoms with van der Waals surface area (Å²) in [6, 6.07) is 0. The molecule has 106 valence electrons. The van der Waals surface area contributed by atoms with Crippen molar-refractivity contribution in [1.29, 1.82) is 0 Å². The Balaban J connectivity index is 2.04.